The zero-order valence-corrected chi connectivity index (χ0v) is 13.0. The summed E-state index contributed by atoms with van der Waals surface area (Å²) in [6, 6.07) is 1.25. The number of aromatic carboxylic acids is 1. The van der Waals surface area contributed by atoms with E-state index in [1.807, 2.05) is 6.92 Å². The van der Waals surface area contributed by atoms with Gasteiger partial charge in [0, 0.05) is 6.04 Å². The number of hydrogen-bond acceptors (Lipinski definition) is 3. The summed E-state index contributed by atoms with van der Waals surface area (Å²) in [5.74, 6) is 0.176. The number of amides is 2. The summed E-state index contributed by atoms with van der Waals surface area (Å²) in [5.41, 5.74) is 0.123. The predicted octanol–water partition coefficient (Wildman–Crippen LogP) is 2.91. The van der Waals surface area contributed by atoms with Gasteiger partial charge < -0.3 is 20.2 Å². The van der Waals surface area contributed by atoms with Gasteiger partial charge in [-0.15, -0.1) is 0 Å². The molecule has 0 spiro atoms. The second kappa shape index (κ2) is 7.71. The lowest BCUT2D eigenvalue weighted by Crippen LogP contribution is -2.43. The molecule has 0 aliphatic carbocycles. The number of aryl methyl sites for hydroxylation is 1. The quantitative estimate of drug-likeness (QED) is 0.721. The zero-order valence-electron chi connectivity index (χ0n) is 13.0. The van der Waals surface area contributed by atoms with Crippen LogP contribution in [0.15, 0.2) is 10.5 Å². The Morgan fingerprint density at radius 3 is 2.43 bits per heavy atom. The molecule has 6 heteroatoms. The first-order valence-electron chi connectivity index (χ1n) is 7.25. The number of furan rings is 1. The van der Waals surface area contributed by atoms with E-state index in [1.54, 1.807) is 6.92 Å². The first-order valence-corrected chi connectivity index (χ1v) is 7.25. The number of carboxylic acid groups (broad SMARTS) is 1. The van der Waals surface area contributed by atoms with E-state index in [1.165, 1.54) is 6.07 Å². The number of urea groups is 1. The van der Waals surface area contributed by atoms with Gasteiger partial charge in [-0.3, -0.25) is 0 Å². The molecule has 6 nitrogen and oxygen atoms in total. The SMILES string of the molecule is CCC(CC)C(C)NC(=O)NCc1cc(C(=O)O)c(C)o1. The van der Waals surface area contributed by atoms with Gasteiger partial charge in [0.15, 0.2) is 0 Å². The summed E-state index contributed by atoms with van der Waals surface area (Å²) < 4.78 is 5.30. The molecule has 0 aromatic carbocycles. The van der Waals surface area contributed by atoms with E-state index in [2.05, 4.69) is 24.5 Å². The molecule has 0 fully saturated rings. The highest BCUT2D eigenvalue weighted by Gasteiger charge is 2.17. The normalized spacial score (nSPS) is 12.2. The maximum atomic E-state index is 11.8. The molecule has 1 rings (SSSR count). The minimum atomic E-state index is -1.03. The Hall–Kier alpha value is -1.98. The third-order valence-electron chi connectivity index (χ3n) is 3.74. The summed E-state index contributed by atoms with van der Waals surface area (Å²) in [7, 11) is 0. The van der Waals surface area contributed by atoms with Crippen molar-refractivity contribution in [3.63, 3.8) is 0 Å². The first-order chi connectivity index (χ1) is 9.88. The fourth-order valence-electron chi connectivity index (χ4n) is 2.38. The van der Waals surface area contributed by atoms with Gasteiger partial charge in [0.25, 0.3) is 0 Å². The molecule has 1 aromatic heterocycles. The van der Waals surface area contributed by atoms with Crippen molar-refractivity contribution >= 4 is 12.0 Å². The van der Waals surface area contributed by atoms with Crippen LogP contribution in [0.2, 0.25) is 0 Å². The maximum Gasteiger partial charge on any atom is 0.339 e. The molecule has 0 radical (unpaired) electrons. The summed E-state index contributed by atoms with van der Waals surface area (Å²) in [4.78, 5) is 22.7. The molecule has 0 saturated heterocycles. The predicted molar refractivity (Wildman–Crippen MR) is 79.3 cm³/mol. The van der Waals surface area contributed by atoms with Crippen LogP contribution >= 0.6 is 0 Å². The van der Waals surface area contributed by atoms with Gasteiger partial charge in [0.1, 0.15) is 17.1 Å². The number of carbonyl (C=O) groups excluding carboxylic acids is 1. The Morgan fingerprint density at radius 2 is 1.95 bits per heavy atom. The molecule has 118 valence electrons. The summed E-state index contributed by atoms with van der Waals surface area (Å²) in [6.45, 7) is 7.93. The molecule has 1 aromatic rings. The van der Waals surface area contributed by atoms with E-state index in [-0.39, 0.29) is 24.2 Å². The van der Waals surface area contributed by atoms with Crippen molar-refractivity contribution in [2.75, 3.05) is 0 Å². The topological polar surface area (TPSA) is 91.6 Å². The molecule has 3 N–H and O–H groups in total. The first kappa shape index (κ1) is 17.1. The second-order valence-electron chi connectivity index (χ2n) is 5.18. The van der Waals surface area contributed by atoms with E-state index in [9.17, 15) is 9.59 Å². The van der Waals surface area contributed by atoms with Crippen LogP contribution in [0, 0.1) is 12.8 Å². The maximum absolute atomic E-state index is 11.8. The van der Waals surface area contributed by atoms with E-state index in [4.69, 9.17) is 9.52 Å². The van der Waals surface area contributed by atoms with Gasteiger partial charge in [-0.05, 0) is 25.8 Å². The molecule has 1 heterocycles. The third kappa shape index (κ3) is 4.81. The van der Waals surface area contributed by atoms with Gasteiger partial charge in [0.2, 0.25) is 0 Å². The number of carboxylic acids is 1. The standard InChI is InChI=1S/C15H24N2O4/c1-5-11(6-2)9(3)17-15(20)16-8-12-7-13(14(18)19)10(4)21-12/h7,9,11H,5-6,8H2,1-4H3,(H,18,19)(H2,16,17,20). The molecule has 21 heavy (non-hydrogen) atoms. The molecule has 1 atom stereocenters. The third-order valence-corrected chi connectivity index (χ3v) is 3.74. The van der Waals surface area contributed by atoms with Crippen molar-refractivity contribution < 1.29 is 19.1 Å². The monoisotopic (exact) mass is 296 g/mol. The van der Waals surface area contributed by atoms with Crippen LogP contribution in [0.4, 0.5) is 4.79 Å². The van der Waals surface area contributed by atoms with Crippen molar-refractivity contribution in [1.29, 1.82) is 0 Å². The largest absolute Gasteiger partial charge is 0.478 e. The van der Waals surface area contributed by atoms with Crippen LogP contribution in [0.3, 0.4) is 0 Å². The lowest BCUT2D eigenvalue weighted by Gasteiger charge is -2.22. The van der Waals surface area contributed by atoms with Crippen LogP contribution in [-0.2, 0) is 6.54 Å². The van der Waals surface area contributed by atoms with E-state index in [0.29, 0.717) is 17.4 Å². The van der Waals surface area contributed by atoms with Crippen molar-refractivity contribution in [2.24, 2.45) is 5.92 Å². The van der Waals surface area contributed by atoms with Gasteiger partial charge in [0.05, 0.1) is 6.54 Å². The molecule has 1 unspecified atom stereocenters. The van der Waals surface area contributed by atoms with E-state index >= 15 is 0 Å². The Kier molecular flexibility index (Phi) is 6.27. The van der Waals surface area contributed by atoms with Crippen LogP contribution in [0.1, 0.15) is 55.5 Å². The minimum Gasteiger partial charge on any atom is -0.478 e. The molecule has 0 aliphatic heterocycles. The summed E-state index contributed by atoms with van der Waals surface area (Å²) in [6.07, 6.45) is 2.02. The average Bonchev–Trinajstić information content (AvgIpc) is 2.79. The van der Waals surface area contributed by atoms with E-state index in [0.717, 1.165) is 12.8 Å². The average molecular weight is 296 g/mol. The minimum absolute atomic E-state index is 0.0907. The van der Waals surface area contributed by atoms with Crippen molar-refractivity contribution in [3.8, 4) is 0 Å². The fraction of sp³-hybridized carbons (Fsp3) is 0.600. The molecule has 2 amide bonds. The van der Waals surface area contributed by atoms with Crippen LogP contribution < -0.4 is 10.6 Å². The number of nitrogens with one attached hydrogen (secondary N) is 2. The Bertz CT molecular complexity index is 492. The Labute approximate surface area is 124 Å². The second-order valence-corrected chi connectivity index (χ2v) is 5.18. The highest BCUT2D eigenvalue weighted by Crippen LogP contribution is 2.15. The smallest absolute Gasteiger partial charge is 0.339 e. The molecular weight excluding hydrogens is 272 g/mol. The highest BCUT2D eigenvalue weighted by atomic mass is 16.4. The summed E-state index contributed by atoms with van der Waals surface area (Å²) in [5, 5.41) is 14.5. The number of hydrogen-bond donors (Lipinski definition) is 3. The highest BCUT2D eigenvalue weighted by molar-refractivity contribution is 5.88. The Balaban J connectivity index is 2.50. The number of rotatable bonds is 7. The summed E-state index contributed by atoms with van der Waals surface area (Å²) >= 11 is 0. The van der Waals surface area contributed by atoms with Gasteiger partial charge in [-0.1, -0.05) is 26.7 Å². The molecule has 0 aliphatic rings. The van der Waals surface area contributed by atoms with E-state index < -0.39 is 5.97 Å². The van der Waals surface area contributed by atoms with Crippen molar-refractivity contribution in [2.45, 2.75) is 53.1 Å². The van der Waals surface area contributed by atoms with Crippen molar-refractivity contribution in [3.05, 3.63) is 23.2 Å². The van der Waals surface area contributed by atoms with Crippen LogP contribution in [0.25, 0.3) is 0 Å². The fourth-order valence-corrected chi connectivity index (χ4v) is 2.38. The molecule has 0 bridgehead atoms. The Morgan fingerprint density at radius 1 is 1.33 bits per heavy atom. The molecule has 0 saturated carbocycles. The van der Waals surface area contributed by atoms with Gasteiger partial charge in [-0.25, -0.2) is 9.59 Å². The van der Waals surface area contributed by atoms with Gasteiger partial charge >= 0.3 is 12.0 Å². The lowest BCUT2D eigenvalue weighted by atomic mass is 9.96. The number of carbonyl (C=O) groups is 2. The zero-order chi connectivity index (χ0) is 16.0. The van der Waals surface area contributed by atoms with Crippen molar-refractivity contribution in [1.82, 2.24) is 10.6 Å². The lowest BCUT2D eigenvalue weighted by molar-refractivity contribution is 0.0695. The molecular formula is C15H24N2O4. The van der Waals surface area contributed by atoms with Gasteiger partial charge in [-0.2, -0.15) is 0 Å². The van der Waals surface area contributed by atoms with Crippen LogP contribution in [0.5, 0.6) is 0 Å². The van der Waals surface area contributed by atoms with Crippen LogP contribution in [-0.4, -0.2) is 23.1 Å².